The molecule has 1 amide bonds. The van der Waals surface area contributed by atoms with Gasteiger partial charge in [-0.2, -0.15) is 5.10 Å². The molecule has 1 aliphatic heterocycles. The second kappa shape index (κ2) is 8.54. The maximum Gasteiger partial charge on any atom is 0.223 e. The van der Waals surface area contributed by atoms with Crippen LogP contribution in [-0.4, -0.2) is 53.4 Å². The molecule has 2 heterocycles. The van der Waals surface area contributed by atoms with Gasteiger partial charge in [0.1, 0.15) is 0 Å². The van der Waals surface area contributed by atoms with Crippen LogP contribution < -0.4 is 5.32 Å². The van der Waals surface area contributed by atoms with E-state index in [1.807, 2.05) is 22.8 Å². The van der Waals surface area contributed by atoms with E-state index in [-0.39, 0.29) is 11.9 Å². The number of nitrogens with zero attached hydrogens (tertiary/aromatic N) is 3. The van der Waals surface area contributed by atoms with Gasteiger partial charge in [0, 0.05) is 56.9 Å². The molecule has 2 saturated carbocycles. The fraction of sp³-hybridized carbons (Fsp3) is 0.818. The van der Waals surface area contributed by atoms with Crippen LogP contribution >= 0.6 is 0 Å². The molecule has 0 unspecified atom stereocenters. The van der Waals surface area contributed by atoms with E-state index in [0.29, 0.717) is 31.5 Å². The highest BCUT2D eigenvalue weighted by Gasteiger charge is 2.42. The lowest BCUT2D eigenvalue weighted by atomic mass is 9.82. The Labute approximate surface area is 169 Å². The van der Waals surface area contributed by atoms with Crippen molar-refractivity contribution >= 4 is 5.91 Å². The van der Waals surface area contributed by atoms with Crippen molar-refractivity contribution in [2.45, 2.75) is 64.0 Å². The summed E-state index contributed by atoms with van der Waals surface area (Å²) in [7, 11) is 3.67. The quantitative estimate of drug-likeness (QED) is 0.744. The second-order valence-electron chi connectivity index (χ2n) is 9.17. The van der Waals surface area contributed by atoms with Gasteiger partial charge in [-0.25, -0.2) is 0 Å². The van der Waals surface area contributed by atoms with E-state index < -0.39 is 0 Å². The van der Waals surface area contributed by atoms with Crippen LogP contribution in [0.3, 0.4) is 0 Å². The van der Waals surface area contributed by atoms with Crippen molar-refractivity contribution < 1.29 is 9.53 Å². The smallest absolute Gasteiger partial charge is 0.223 e. The fourth-order valence-electron chi connectivity index (χ4n) is 5.45. The van der Waals surface area contributed by atoms with Crippen LogP contribution in [0.2, 0.25) is 0 Å². The Bertz CT molecular complexity index is 684. The number of aryl methyl sites for hydroxylation is 1. The molecule has 0 aromatic carbocycles. The predicted molar refractivity (Wildman–Crippen MR) is 109 cm³/mol. The van der Waals surface area contributed by atoms with Gasteiger partial charge in [0.15, 0.2) is 0 Å². The number of nitrogens with one attached hydrogen (secondary N) is 1. The molecule has 1 aromatic heterocycles. The predicted octanol–water partition coefficient (Wildman–Crippen LogP) is 2.82. The largest absolute Gasteiger partial charge is 0.383 e. The number of carbonyl (C=O) groups is 1. The molecule has 3 fully saturated rings. The average Bonchev–Trinajstić information content (AvgIpc) is 3.44. The summed E-state index contributed by atoms with van der Waals surface area (Å²) in [5.41, 5.74) is 2.34. The Kier molecular flexibility index (Phi) is 6.07. The fourth-order valence-corrected chi connectivity index (χ4v) is 5.45. The zero-order valence-corrected chi connectivity index (χ0v) is 17.7. The minimum absolute atomic E-state index is 0.103. The van der Waals surface area contributed by atoms with E-state index in [2.05, 4.69) is 17.3 Å². The third-order valence-electron chi connectivity index (χ3n) is 7.34. The van der Waals surface area contributed by atoms with E-state index in [9.17, 15) is 4.79 Å². The lowest BCUT2D eigenvalue weighted by Crippen LogP contribution is -2.39. The number of methoxy groups -OCH3 is 1. The highest BCUT2D eigenvalue weighted by molar-refractivity contribution is 5.79. The molecule has 1 N–H and O–H groups in total. The summed E-state index contributed by atoms with van der Waals surface area (Å²) < 4.78 is 7.19. The number of hydrogen-bond acceptors (Lipinski definition) is 4. The van der Waals surface area contributed by atoms with Gasteiger partial charge < -0.3 is 15.0 Å². The Morgan fingerprint density at radius 3 is 2.75 bits per heavy atom. The van der Waals surface area contributed by atoms with Crippen LogP contribution in [0, 0.1) is 24.7 Å². The number of carbonyl (C=O) groups excluding carboxylic acids is 1. The zero-order valence-electron chi connectivity index (χ0n) is 17.7. The van der Waals surface area contributed by atoms with E-state index >= 15 is 0 Å². The number of likely N-dealkylation sites (tertiary alicyclic amines) is 1. The molecular formula is C22H36N4O2. The lowest BCUT2D eigenvalue weighted by molar-refractivity contribution is -0.129. The van der Waals surface area contributed by atoms with Crippen LogP contribution in [0.5, 0.6) is 0 Å². The van der Waals surface area contributed by atoms with Crippen molar-refractivity contribution in [3.05, 3.63) is 17.5 Å². The van der Waals surface area contributed by atoms with Gasteiger partial charge >= 0.3 is 0 Å². The Morgan fingerprint density at radius 2 is 2.07 bits per heavy atom. The van der Waals surface area contributed by atoms with E-state index in [0.717, 1.165) is 24.1 Å². The third-order valence-corrected chi connectivity index (χ3v) is 7.34. The van der Waals surface area contributed by atoms with Crippen molar-refractivity contribution in [2.24, 2.45) is 24.8 Å². The summed E-state index contributed by atoms with van der Waals surface area (Å²) in [6.45, 7) is 4.24. The lowest BCUT2D eigenvalue weighted by Gasteiger charge is -2.32. The highest BCUT2D eigenvalue weighted by atomic mass is 16.5. The van der Waals surface area contributed by atoms with Gasteiger partial charge in [-0.05, 0) is 44.4 Å². The highest BCUT2D eigenvalue weighted by Crippen LogP contribution is 2.44. The second-order valence-corrected chi connectivity index (χ2v) is 9.17. The summed E-state index contributed by atoms with van der Waals surface area (Å²) in [5.74, 6) is 2.49. The summed E-state index contributed by atoms with van der Waals surface area (Å²) in [5, 5.41) is 8.31. The molecule has 0 spiro atoms. The summed E-state index contributed by atoms with van der Waals surface area (Å²) in [6.07, 6.45) is 10.9. The van der Waals surface area contributed by atoms with Gasteiger partial charge in [0.05, 0.1) is 18.8 Å². The van der Waals surface area contributed by atoms with Crippen molar-refractivity contribution in [3.63, 3.8) is 0 Å². The zero-order chi connectivity index (χ0) is 19.7. The number of amides is 1. The first-order valence-electron chi connectivity index (χ1n) is 11.1. The van der Waals surface area contributed by atoms with Crippen molar-refractivity contribution in [1.29, 1.82) is 0 Å². The molecule has 0 bridgehead atoms. The van der Waals surface area contributed by atoms with E-state index in [4.69, 9.17) is 4.74 Å². The molecule has 6 heteroatoms. The minimum Gasteiger partial charge on any atom is -0.383 e. The molecule has 2 aliphatic carbocycles. The average molecular weight is 389 g/mol. The number of hydrogen-bond donors (Lipinski definition) is 1. The maximum atomic E-state index is 12.8. The van der Waals surface area contributed by atoms with Gasteiger partial charge in [0.25, 0.3) is 0 Å². The summed E-state index contributed by atoms with van der Waals surface area (Å²) >= 11 is 0. The first kappa shape index (κ1) is 19.9. The standard InChI is InChI=1S/C22H36N4O2/c1-15-20(14-24-25(15)2)22-18(12-21(27)26(22)9-10-28-3)13-23-19-6-4-5-17(11-19)16-7-8-16/h14,16-19,22-23H,4-13H2,1-3H3/t17-,18+,19+,22-/m1/s1. The molecule has 6 nitrogen and oxygen atoms in total. The molecule has 1 aromatic rings. The third kappa shape index (κ3) is 4.13. The maximum absolute atomic E-state index is 12.8. The molecule has 3 aliphatic rings. The van der Waals surface area contributed by atoms with Crippen molar-refractivity contribution in [2.75, 3.05) is 26.8 Å². The first-order valence-corrected chi connectivity index (χ1v) is 11.1. The molecule has 156 valence electrons. The van der Waals surface area contributed by atoms with Gasteiger partial charge in [-0.15, -0.1) is 0 Å². The van der Waals surface area contributed by atoms with Crippen LogP contribution in [0.25, 0.3) is 0 Å². The summed E-state index contributed by atoms with van der Waals surface area (Å²) in [6, 6.07) is 0.727. The number of ether oxygens (including phenoxy) is 1. The molecule has 4 rings (SSSR count). The van der Waals surface area contributed by atoms with Gasteiger partial charge in [0.2, 0.25) is 5.91 Å². The summed E-state index contributed by atoms with van der Waals surface area (Å²) in [4.78, 5) is 14.8. The minimum atomic E-state index is 0.103. The van der Waals surface area contributed by atoms with Gasteiger partial charge in [-0.1, -0.05) is 12.8 Å². The molecular weight excluding hydrogens is 352 g/mol. The molecule has 28 heavy (non-hydrogen) atoms. The molecule has 0 radical (unpaired) electrons. The van der Waals surface area contributed by atoms with Gasteiger partial charge in [-0.3, -0.25) is 9.48 Å². The number of aromatic nitrogens is 2. The monoisotopic (exact) mass is 388 g/mol. The van der Waals surface area contributed by atoms with Crippen LogP contribution in [0.15, 0.2) is 6.20 Å². The van der Waals surface area contributed by atoms with E-state index in [1.165, 1.54) is 44.1 Å². The Balaban J connectivity index is 1.44. The molecule has 1 saturated heterocycles. The van der Waals surface area contributed by atoms with Crippen molar-refractivity contribution in [1.82, 2.24) is 20.0 Å². The van der Waals surface area contributed by atoms with Crippen molar-refractivity contribution in [3.8, 4) is 0 Å². The van der Waals surface area contributed by atoms with E-state index in [1.54, 1.807) is 7.11 Å². The van der Waals surface area contributed by atoms with Crippen LogP contribution in [0.1, 0.15) is 62.2 Å². The topological polar surface area (TPSA) is 59.4 Å². The Hall–Kier alpha value is -1.40. The van der Waals surface area contributed by atoms with Crippen LogP contribution in [0.4, 0.5) is 0 Å². The normalized spacial score (nSPS) is 31.0. The first-order chi connectivity index (χ1) is 13.6. The Morgan fingerprint density at radius 1 is 1.25 bits per heavy atom. The number of rotatable bonds is 8. The van der Waals surface area contributed by atoms with Crippen LogP contribution in [-0.2, 0) is 16.6 Å². The molecule has 4 atom stereocenters. The SMILES string of the molecule is COCCN1C(=O)C[C@@H](CN[C@H]2CCC[C@@H](C3CC3)C2)[C@@H]1c1cnn(C)c1C.